The van der Waals surface area contributed by atoms with Gasteiger partial charge >= 0.3 is 0 Å². The first-order valence-corrected chi connectivity index (χ1v) is 25.4. The molecule has 2 aliphatic rings. The highest BCUT2D eigenvalue weighted by Gasteiger charge is 2.44. The van der Waals surface area contributed by atoms with Gasteiger partial charge in [-0.3, -0.25) is 0 Å². The fraction of sp³-hybridized carbons (Fsp3) is 0.182. The maximum Gasteiger partial charge on any atom is 0.252 e. The zero-order valence-corrected chi connectivity index (χ0v) is 41.9. The molecule has 70 heavy (non-hydrogen) atoms. The van der Waals surface area contributed by atoms with E-state index in [0.717, 1.165) is 28.4 Å². The molecule has 9 aromatic carbocycles. The molecule has 0 amide bonds. The van der Waals surface area contributed by atoms with Gasteiger partial charge in [0.1, 0.15) is 0 Å². The van der Waals surface area contributed by atoms with E-state index >= 15 is 0 Å². The predicted octanol–water partition coefficient (Wildman–Crippen LogP) is 17.1. The van der Waals surface area contributed by atoms with Crippen molar-refractivity contribution in [2.75, 3.05) is 14.7 Å². The number of hydrogen-bond donors (Lipinski definition) is 0. The van der Waals surface area contributed by atoms with Gasteiger partial charge in [0.15, 0.2) is 0 Å². The quantitative estimate of drug-likeness (QED) is 0.120. The summed E-state index contributed by atoms with van der Waals surface area (Å²) in [6.45, 7) is 18.4. The highest BCUT2D eigenvalue weighted by molar-refractivity contribution is 7.00. The van der Waals surface area contributed by atoms with Crippen LogP contribution in [0.2, 0.25) is 0 Å². The van der Waals surface area contributed by atoms with Crippen LogP contribution < -0.4 is 31.1 Å². The molecule has 0 aromatic heterocycles. The Morgan fingerprint density at radius 1 is 0.314 bits per heavy atom. The van der Waals surface area contributed by atoms with E-state index in [1.54, 1.807) is 0 Å². The van der Waals surface area contributed by atoms with E-state index in [1.165, 1.54) is 83.6 Å². The van der Waals surface area contributed by atoms with Gasteiger partial charge in [0.05, 0.1) is 5.69 Å². The van der Waals surface area contributed by atoms with Crippen molar-refractivity contribution in [3.05, 3.63) is 229 Å². The molecule has 344 valence electrons. The largest absolute Gasteiger partial charge is 0.311 e. The Kier molecular flexibility index (Phi) is 11.8. The van der Waals surface area contributed by atoms with Crippen molar-refractivity contribution in [3.63, 3.8) is 0 Å². The first-order chi connectivity index (χ1) is 34.0. The first-order valence-electron chi connectivity index (χ1n) is 25.4. The Hall–Kier alpha value is -7.56. The number of nitrogens with zero attached hydrogens (tertiary/aromatic N) is 3. The third kappa shape index (κ3) is 8.09. The van der Waals surface area contributed by atoms with Crippen LogP contribution in [0.4, 0.5) is 51.2 Å². The lowest BCUT2D eigenvalue weighted by Gasteiger charge is -2.45. The van der Waals surface area contributed by atoms with Crippen LogP contribution in [0.5, 0.6) is 0 Å². The normalized spacial score (nSPS) is 12.7. The van der Waals surface area contributed by atoms with E-state index in [1.807, 2.05) is 0 Å². The monoisotopic (exact) mass is 908 g/mol. The van der Waals surface area contributed by atoms with Crippen LogP contribution in [0.3, 0.4) is 0 Å². The molecule has 0 aliphatic carbocycles. The summed E-state index contributed by atoms with van der Waals surface area (Å²) in [5.74, 6) is 1.56. The van der Waals surface area contributed by atoms with Gasteiger partial charge < -0.3 is 14.7 Å². The number of anilines is 9. The third-order valence-corrected chi connectivity index (χ3v) is 14.8. The molecule has 0 unspecified atom stereocenters. The minimum absolute atomic E-state index is 0.000107. The van der Waals surface area contributed by atoms with Gasteiger partial charge in [-0.25, -0.2) is 0 Å². The second kappa shape index (κ2) is 18.4. The third-order valence-electron chi connectivity index (χ3n) is 14.8. The zero-order valence-electron chi connectivity index (χ0n) is 41.9. The van der Waals surface area contributed by atoms with Crippen molar-refractivity contribution in [3.8, 4) is 22.3 Å². The maximum absolute atomic E-state index is 2.58. The lowest BCUT2D eigenvalue weighted by molar-refractivity contribution is 0.865. The molecule has 0 fully saturated rings. The molecule has 4 heteroatoms. The first kappa shape index (κ1) is 44.9. The van der Waals surface area contributed by atoms with Crippen molar-refractivity contribution >= 4 is 74.3 Å². The Balaban J connectivity index is 1.26. The van der Waals surface area contributed by atoms with Gasteiger partial charge in [0.2, 0.25) is 0 Å². The van der Waals surface area contributed by atoms with E-state index in [9.17, 15) is 0 Å². The van der Waals surface area contributed by atoms with E-state index in [0.29, 0.717) is 23.7 Å². The molecule has 0 N–H and O–H groups in total. The SMILES string of the molecule is CC(C)c1ccc(N2c3cc(C(C)C)ccc3B3c4ccc(C(C)C)cc4N(c4ccc(C(C)C)cc4)c4cc(N(c5cccc(-c6ccccc6)c5)c5cccc(-c6ccccc6)c5)cc2c43)cc1. The minimum atomic E-state index is 0.000107. The molecule has 9 aromatic rings. The van der Waals surface area contributed by atoms with Crippen LogP contribution in [0.1, 0.15) is 101 Å². The summed E-state index contributed by atoms with van der Waals surface area (Å²) in [4.78, 5) is 7.65. The topological polar surface area (TPSA) is 9.72 Å². The maximum atomic E-state index is 2.58. The van der Waals surface area contributed by atoms with Crippen molar-refractivity contribution in [2.45, 2.75) is 79.1 Å². The van der Waals surface area contributed by atoms with Crippen LogP contribution in [0, 0.1) is 0 Å². The second-order valence-corrected chi connectivity index (χ2v) is 20.6. The summed E-state index contributed by atoms with van der Waals surface area (Å²) in [6, 6.07) is 78.0. The Morgan fingerprint density at radius 2 is 0.686 bits per heavy atom. The number of hydrogen-bond acceptors (Lipinski definition) is 3. The van der Waals surface area contributed by atoms with Crippen LogP contribution in [0.25, 0.3) is 22.3 Å². The van der Waals surface area contributed by atoms with Crippen LogP contribution >= 0.6 is 0 Å². The molecule has 0 radical (unpaired) electrons. The molecule has 0 bridgehead atoms. The Morgan fingerprint density at radius 3 is 1.07 bits per heavy atom. The average molecular weight is 908 g/mol. The smallest absolute Gasteiger partial charge is 0.252 e. The molecular weight excluding hydrogens is 846 g/mol. The van der Waals surface area contributed by atoms with Crippen molar-refractivity contribution < 1.29 is 0 Å². The highest BCUT2D eigenvalue weighted by atomic mass is 15.2. The number of rotatable bonds is 11. The Labute approximate surface area is 416 Å². The van der Waals surface area contributed by atoms with E-state index in [4.69, 9.17) is 0 Å². The van der Waals surface area contributed by atoms with Crippen molar-refractivity contribution in [1.82, 2.24) is 0 Å². The summed E-state index contributed by atoms with van der Waals surface area (Å²) in [6.07, 6.45) is 0. The summed E-state index contributed by atoms with van der Waals surface area (Å²) in [5.41, 5.74) is 24.4. The van der Waals surface area contributed by atoms with Crippen molar-refractivity contribution in [2.24, 2.45) is 0 Å². The molecule has 3 nitrogen and oxygen atoms in total. The lowest BCUT2D eigenvalue weighted by atomic mass is 9.33. The molecule has 0 saturated heterocycles. The van der Waals surface area contributed by atoms with E-state index in [2.05, 4.69) is 276 Å². The summed E-state index contributed by atoms with van der Waals surface area (Å²) < 4.78 is 0. The molecule has 0 spiro atoms. The van der Waals surface area contributed by atoms with E-state index < -0.39 is 0 Å². The van der Waals surface area contributed by atoms with E-state index in [-0.39, 0.29) is 6.71 Å². The second-order valence-electron chi connectivity index (χ2n) is 20.6. The minimum Gasteiger partial charge on any atom is -0.311 e. The fourth-order valence-electron chi connectivity index (χ4n) is 10.8. The number of benzene rings is 9. The molecule has 0 saturated carbocycles. The van der Waals surface area contributed by atoms with Crippen LogP contribution in [0.15, 0.2) is 206 Å². The molecule has 2 heterocycles. The molecule has 11 rings (SSSR count). The predicted molar refractivity (Wildman–Crippen MR) is 302 cm³/mol. The Bertz CT molecular complexity index is 3120. The number of fused-ring (bicyclic) bond motifs is 4. The summed E-state index contributed by atoms with van der Waals surface area (Å²) >= 11 is 0. The van der Waals surface area contributed by atoms with Crippen LogP contribution in [-0.4, -0.2) is 6.71 Å². The lowest BCUT2D eigenvalue weighted by Crippen LogP contribution is -2.61. The molecule has 2 aliphatic heterocycles. The average Bonchev–Trinajstić information content (AvgIpc) is 3.39. The van der Waals surface area contributed by atoms with Gasteiger partial charge in [0, 0.05) is 45.5 Å². The van der Waals surface area contributed by atoms with Gasteiger partial charge in [-0.05, 0) is 157 Å². The van der Waals surface area contributed by atoms with Gasteiger partial charge in [-0.1, -0.05) is 189 Å². The van der Waals surface area contributed by atoms with Gasteiger partial charge in [0.25, 0.3) is 6.71 Å². The standard InChI is InChI=1S/C66H62BN3/c1-43(2)47-25-31-55(32-26-47)69-62-39-51(45(5)6)29-35-60(62)67-61-36-30-52(46(7)8)40-63(61)70(56-33-27-48(28-34-56)44(3)4)65-42-59(41-64(69)66(65)67)68(57-23-15-21-53(37-57)49-17-11-9-12-18-49)58-24-16-22-54(38-58)50-19-13-10-14-20-50/h9-46H,1-8H3. The van der Waals surface area contributed by atoms with Crippen molar-refractivity contribution in [1.29, 1.82) is 0 Å². The molecule has 0 atom stereocenters. The summed E-state index contributed by atoms with van der Waals surface area (Å²) in [7, 11) is 0. The summed E-state index contributed by atoms with van der Waals surface area (Å²) in [5, 5.41) is 0. The zero-order chi connectivity index (χ0) is 48.2. The highest BCUT2D eigenvalue weighted by Crippen LogP contribution is 2.49. The molecular formula is C66H62BN3. The van der Waals surface area contributed by atoms with Gasteiger partial charge in [-0.2, -0.15) is 0 Å². The fourth-order valence-corrected chi connectivity index (χ4v) is 10.8. The van der Waals surface area contributed by atoms with Crippen LogP contribution in [-0.2, 0) is 0 Å². The van der Waals surface area contributed by atoms with Gasteiger partial charge in [-0.15, -0.1) is 0 Å².